The number of nitrogens with zero attached hydrogens (tertiary/aromatic N) is 2. The number of likely N-dealkylation sites (tertiary alicyclic amines) is 1. The second-order valence-electron chi connectivity index (χ2n) is 6.79. The quantitative estimate of drug-likeness (QED) is 0.600. The van der Waals surface area contributed by atoms with Crippen molar-refractivity contribution in [2.24, 2.45) is 0 Å². The number of rotatable bonds is 5. The van der Waals surface area contributed by atoms with Crippen LogP contribution in [-0.4, -0.2) is 23.5 Å². The van der Waals surface area contributed by atoms with Crippen molar-refractivity contribution in [3.63, 3.8) is 0 Å². The lowest BCUT2D eigenvalue weighted by Crippen LogP contribution is -2.33. The van der Waals surface area contributed by atoms with Gasteiger partial charge in [-0.25, -0.2) is 4.98 Å². The van der Waals surface area contributed by atoms with Crippen LogP contribution in [0.3, 0.4) is 0 Å². The van der Waals surface area contributed by atoms with Gasteiger partial charge in [0.2, 0.25) is 5.89 Å². The highest BCUT2D eigenvalue weighted by Crippen LogP contribution is 2.34. The van der Waals surface area contributed by atoms with Crippen molar-refractivity contribution in [2.45, 2.75) is 38.8 Å². The molecule has 1 unspecified atom stereocenters. The molecule has 1 fully saturated rings. The molecule has 0 N–H and O–H groups in total. The third kappa shape index (κ3) is 3.55. The second kappa shape index (κ2) is 7.64. The monoisotopic (exact) mass is 368 g/mol. The highest BCUT2D eigenvalue weighted by Gasteiger charge is 2.26. The zero-order chi connectivity index (χ0) is 17.9. The van der Waals surface area contributed by atoms with Gasteiger partial charge in [0.15, 0.2) is 0 Å². The van der Waals surface area contributed by atoms with Gasteiger partial charge in [-0.1, -0.05) is 18.6 Å². The van der Waals surface area contributed by atoms with E-state index in [2.05, 4.69) is 39.9 Å². The average molecular weight is 369 g/mol. The smallest absolute Gasteiger partial charge is 0.227 e. The molecule has 4 rings (SSSR count). The Balaban J connectivity index is 1.57. The van der Waals surface area contributed by atoms with Gasteiger partial charge in [0, 0.05) is 23.5 Å². The Morgan fingerprint density at radius 3 is 3.04 bits per heavy atom. The topological polar surface area (TPSA) is 38.5 Å². The van der Waals surface area contributed by atoms with Crippen LogP contribution >= 0.6 is 11.3 Å². The summed E-state index contributed by atoms with van der Waals surface area (Å²) in [5, 5.41) is 4.13. The number of ether oxygens (including phenoxy) is 1. The summed E-state index contributed by atoms with van der Waals surface area (Å²) in [6.07, 6.45) is 3.66. The van der Waals surface area contributed by atoms with E-state index < -0.39 is 0 Å². The predicted octanol–water partition coefficient (Wildman–Crippen LogP) is 5.45. The normalized spacial score (nSPS) is 18.2. The molecule has 0 saturated carbocycles. The van der Waals surface area contributed by atoms with Gasteiger partial charge in [-0.15, -0.1) is 0 Å². The van der Waals surface area contributed by atoms with E-state index in [1.807, 2.05) is 13.0 Å². The molecule has 3 heterocycles. The van der Waals surface area contributed by atoms with E-state index in [-0.39, 0.29) is 0 Å². The Kier molecular flexibility index (Phi) is 5.09. The molecule has 1 saturated heterocycles. The van der Waals surface area contributed by atoms with E-state index >= 15 is 0 Å². The minimum absolute atomic E-state index is 0.402. The third-order valence-corrected chi connectivity index (χ3v) is 5.79. The molecule has 26 heavy (non-hydrogen) atoms. The van der Waals surface area contributed by atoms with Gasteiger partial charge in [0.25, 0.3) is 0 Å². The number of aryl methyl sites for hydroxylation is 1. The number of aromatic nitrogens is 1. The van der Waals surface area contributed by atoms with Crippen molar-refractivity contribution in [1.82, 2.24) is 9.88 Å². The van der Waals surface area contributed by atoms with E-state index in [4.69, 9.17) is 14.1 Å². The van der Waals surface area contributed by atoms with Gasteiger partial charge >= 0.3 is 0 Å². The maximum atomic E-state index is 5.93. The summed E-state index contributed by atoms with van der Waals surface area (Å²) < 4.78 is 11.3. The van der Waals surface area contributed by atoms with Crippen LogP contribution in [0.1, 0.15) is 42.3 Å². The number of benzene rings is 1. The predicted molar refractivity (Wildman–Crippen MR) is 105 cm³/mol. The standard InChI is InChI=1S/C21H24N2O2S/c1-15-19(22-21(25-15)17-9-11-26-14-17)13-23-10-4-3-8-20(23)16-6-5-7-18(12-16)24-2/h5-7,9,11-12,14,20H,3-4,8,10,13H2,1-2H3. The SMILES string of the molecule is COc1cccc(C2CCCCN2Cc2nc(-c3ccsc3)oc2C)c1. The molecular weight excluding hydrogens is 344 g/mol. The number of hydrogen-bond acceptors (Lipinski definition) is 5. The lowest BCUT2D eigenvalue weighted by atomic mass is 9.95. The lowest BCUT2D eigenvalue weighted by Gasteiger charge is -2.35. The van der Waals surface area contributed by atoms with Gasteiger partial charge in [0.1, 0.15) is 11.5 Å². The van der Waals surface area contributed by atoms with Crippen LogP contribution in [0.15, 0.2) is 45.5 Å². The van der Waals surface area contributed by atoms with Gasteiger partial charge < -0.3 is 9.15 Å². The van der Waals surface area contributed by atoms with Crippen LogP contribution in [0, 0.1) is 6.92 Å². The van der Waals surface area contributed by atoms with Crippen molar-refractivity contribution in [3.05, 3.63) is 58.1 Å². The number of hydrogen-bond donors (Lipinski definition) is 0. The lowest BCUT2D eigenvalue weighted by molar-refractivity contribution is 0.138. The first-order chi connectivity index (χ1) is 12.7. The zero-order valence-corrected chi connectivity index (χ0v) is 16.1. The molecule has 0 aliphatic carbocycles. The number of methoxy groups -OCH3 is 1. The molecule has 0 amide bonds. The molecule has 4 nitrogen and oxygen atoms in total. The molecule has 0 bridgehead atoms. The molecule has 2 aromatic heterocycles. The van der Waals surface area contributed by atoms with Crippen LogP contribution in [0.25, 0.3) is 11.5 Å². The van der Waals surface area contributed by atoms with E-state index in [9.17, 15) is 0 Å². The molecular formula is C21H24N2O2S. The van der Waals surface area contributed by atoms with Gasteiger partial charge in [-0.2, -0.15) is 11.3 Å². The molecule has 1 aliphatic heterocycles. The minimum Gasteiger partial charge on any atom is -0.497 e. The molecule has 0 radical (unpaired) electrons. The van der Waals surface area contributed by atoms with Gasteiger partial charge in [-0.3, -0.25) is 4.90 Å². The van der Waals surface area contributed by atoms with Crippen LogP contribution in [0.4, 0.5) is 0 Å². The van der Waals surface area contributed by atoms with Crippen LogP contribution < -0.4 is 4.74 Å². The zero-order valence-electron chi connectivity index (χ0n) is 15.3. The molecule has 1 atom stereocenters. The van der Waals surface area contributed by atoms with Crippen molar-refractivity contribution >= 4 is 11.3 Å². The molecule has 3 aromatic rings. The largest absolute Gasteiger partial charge is 0.497 e. The van der Waals surface area contributed by atoms with Crippen molar-refractivity contribution < 1.29 is 9.15 Å². The van der Waals surface area contributed by atoms with Gasteiger partial charge in [-0.05, 0) is 55.5 Å². The summed E-state index contributed by atoms with van der Waals surface area (Å²) in [7, 11) is 1.72. The molecule has 136 valence electrons. The molecule has 5 heteroatoms. The Labute approximate surface area is 158 Å². The molecule has 1 aromatic carbocycles. The summed E-state index contributed by atoms with van der Waals surface area (Å²) in [4.78, 5) is 7.31. The second-order valence-corrected chi connectivity index (χ2v) is 7.57. The highest BCUT2D eigenvalue weighted by atomic mass is 32.1. The summed E-state index contributed by atoms with van der Waals surface area (Å²) in [6.45, 7) is 3.92. The first kappa shape index (κ1) is 17.3. The van der Waals surface area contributed by atoms with Gasteiger partial charge in [0.05, 0.1) is 12.8 Å². The van der Waals surface area contributed by atoms with Crippen molar-refractivity contribution in [2.75, 3.05) is 13.7 Å². The number of thiophene rings is 1. The summed E-state index contributed by atoms with van der Waals surface area (Å²) >= 11 is 1.66. The summed E-state index contributed by atoms with van der Waals surface area (Å²) in [5.74, 6) is 2.57. The van der Waals surface area contributed by atoms with E-state index in [1.165, 1.54) is 24.8 Å². The first-order valence-electron chi connectivity index (χ1n) is 9.11. The number of piperidine rings is 1. The fourth-order valence-corrected chi connectivity index (χ4v) is 4.31. The maximum Gasteiger partial charge on any atom is 0.227 e. The molecule has 0 spiro atoms. The number of oxazole rings is 1. The van der Waals surface area contributed by atoms with Crippen molar-refractivity contribution in [3.8, 4) is 17.2 Å². The summed E-state index contributed by atoms with van der Waals surface area (Å²) in [5.41, 5.74) is 3.43. The summed E-state index contributed by atoms with van der Waals surface area (Å²) in [6, 6.07) is 10.9. The highest BCUT2D eigenvalue weighted by molar-refractivity contribution is 7.08. The Bertz CT molecular complexity index is 857. The van der Waals surface area contributed by atoms with Crippen LogP contribution in [-0.2, 0) is 6.54 Å². The van der Waals surface area contributed by atoms with E-state index in [1.54, 1.807) is 18.4 Å². The minimum atomic E-state index is 0.402. The maximum absolute atomic E-state index is 5.93. The Morgan fingerprint density at radius 1 is 1.31 bits per heavy atom. The Hall–Kier alpha value is -2.11. The third-order valence-electron chi connectivity index (χ3n) is 5.11. The molecule has 1 aliphatic rings. The van der Waals surface area contributed by atoms with E-state index in [0.29, 0.717) is 6.04 Å². The van der Waals surface area contributed by atoms with E-state index in [0.717, 1.165) is 41.7 Å². The fraction of sp³-hybridized carbons (Fsp3) is 0.381. The van der Waals surface area contributed by atoms with Crippen LogP contribution in [0.5, 0.6) is 5.75 Å². The average Bonchev–Trinajstić information content (AvgIpc) is 3.33. The first-order valence-corrected chi connectivity index (χ1v) is 10.1. The fourth-order valence-electron chi connectivity index (χ4n) is 3.68. The van der Waals surface area contributed by atoms with Crippen molar-refractivity contribution in [1.29, 1.82) is 0 Å². The Morgan fingerprint density at radius 2 is 2.23 bits per heavy atom. The van der Waals surface area contributed by atoms with Crippen LogP contribution in [0.2, 0.25) is 0 Å².